The third kappa shape index (κ3) is 4.36. The fraction of sp³-hybridized carbons (Fsp3) is 0.545. The van der Waals surface area contributed by atoms with Crippen LogP contribution in [0.5, 0.6) is 0 Å². The molecule has 0 bridgehead atoms. The minimum atomic E-state index is -0.494. The van der Waals surface area contributed by atoms with Crippen molar-refractivity contribution in [1.82, 2.24) is 9.97 Å². The number of nitrogens with one attached hydrogen (secondary N) is 1. The Hall–Kier alpha value is -1.69. The maximum atomic E-state index is 11.1. The summed E-state index contributed by atoms with van der Waals surface area (Å²) < 4.78 is 9.88. The van der Waals surface area contributed by atoms with E-state index in [1.54, 1.807) is 0 Å². The number of hydrogen-bond acceptors (Lipinski definition) is 6. The standard InChI is InChI=1S/C11H17N3O3/c1-4-17-8(2)5-13-10-7-12-9(6-14-10)11(15)16-3/h6-8H,4-5H2,1-3H3,(H,13,14). The average Bonchev–Trinajstić information content (AvgIpc) is 2.36. The molecule has 1 N–H and O–H groups in total. The number of ether oxygens (including phenoxy) is 2. The van der Waals surface area contributed by atoms with Crippen LogP contribution in [0.1, 0.15) is 24.3 Å². The highest BCUT2D eigenvalue weighted by atomic mass is 16.5. The summed E-state index contributed by atoms with van der Waals surface area (Å²) in [5.41, 5.74) is 0.191. The lowest BCUT2D eigenvalue weighted by Gasteiger charge is -2.12. The Morgan fingerprint density at radius 1 is 1.47 bits per heavy atom. The lowest BCUT2D eigenvalue weighted by atomic mass is 10.4. The van der Waals surface area contributed by atoms with Crippen LogP contribution in [0.4, 0.5) is 5.82 Å². The van der Waals surface area contributed by atoms with Gasteiger partial charge < -0.3 is 14.8 Å². The van der Waals surface area contributed by atoms with E-state index in [4.69, 9.17) is 4.74 Å². The summed E-state index contributed by atoms with van der Waals surface area (Å²) in [5.74, 6) is 0.107. The van der Waals surface area contributed by atoms with Gasteiger partial charge in [-0.3, -0.25) is 0 Å². The normalized spacial score (nSPS) is 11.9. The highest BCUT2D eigenvalue weighted by molar-refractivity contribution is 5.86. The highest BCUT2D eigenvalue weighted by Gasteiger charge is 2.07. The number of nitrogens with zero attached hydrogens (tertiary/aromatic N) is 2. The molecule has 1 aromatic heterocycles. The van der Waals surface area contributed by atoms with E-state index < -0.39 is 5.97 Å². The van der Waals surface area contributed by atoms with Crippen molar-refractivity contribution in [2.24, 2.45) is 0 Å². The molecule has 0 saturated carbocycles. The second-order valence-electron chi connectivity index (χ2n) is 3.43. The Labute approximate surface area is 100 Å². The maximum Gasteiger partial charge on any atom is 0.358 e. The Morgan fingerprint density at radius 3 is 2.76 bits per heavy atom. The quantitative estimate of drug-likeness (QED) is 0.749. The topological polar surface area (TPSA) is 73.3 Å². The fourth-order valence-corrected chi connectivity index (χ4v) is 1.22. The number of esters is 1. The highest BCUT2D eigenvalue weighted by Crippen LogP contribution is 2.03. The number of methoxy groups -OCH3 is 1. The largest absolute Gasteiger partial charge is 0.464 e. The first-order valence-corrected chi connectivity index (χ1v) is 5.43. The van der Waals surface area contributed by atoms with Crippen LogP contribution >= 0.6 is 0 Å². The van der Waals surface area contributed by atoms with Crippen LogP contribution in [0.3, 0.4) is 0 Å². The number of carbonyl (C=O) groups excluding carboxylic acids is 1. The number of hydrogen-bond donors (Lipinski definition) is 1. The lowest BCUT2D eigenvalue weighted by molar-refractivity contribution is 0.0593. The second kappa shape index (κ2) is 6.80. The van der Waals surface area contributed by atoms with Crippen LogP contribution in [-0.4, -0.2) is 42.3 Å². The molecule has 1 unspecified atom stereocenters. The van der Waals surface area contributed by atoms with E-state index in [2.05, 4.69) is 20.0 Å². The molecule has 0 aliphatic rings. The molecule has 17 heavy (non-hydrogen) atoms. The minimum Gasteiger partial charge on any atom is -0.464 e. The first kappa shape index (κ1) is 13.4. The molecule has 6 nitrogen and oxygen atoms in total. The number of aromatic nitrogens is 2. The summed E-state index contributed by atoms with van der Waals surface area (Å²) in [7, 11) is 1.31. The monoisotopic (exact) mass is 239 g/mol. The molecule has 1 heterocycles. The smallest absolute Gasteiger partial charge is 0.358 e. The SMILES string of the molecule is CCOC(C)CNc1cnc(C(=O)OC)cn1. The van der Waals surface area contributed by atoms with Gasteiger partial charge in [-0.25, -0.2) is 14.8 Å². The summed E-state index contributed by atoms with van der Waals surface area (Å²) in [6.07, 6.45) is 2.96. The molecule has 0 amide bonds. The molecule has 1 atom stereocenters. The van der Waals surface area contributed by atoms with Crippen LogP contribution < -0.4 is 5.32 Å². The molecule has 0 aliphatic carbocycles. The zero-order valence-corrected chi connectivity index (χ0v) is 10.3. The number of carbonyl (C=O) groups is 1. The summed E-state index contributed by atoms with van der Waals surface area (Å²) in [6, 6.07) is 0. The minimum absolute atomic E-state index is 0.0992. The summed E-state index contributed by atoms with van der Waals surface area (Å²) in [6.45, 7) is 5.23. The maximum absolute atomic E-state index is 11.1. The zero-order chi connectivity index (χ0) is 12.7. The molecule has 1 rings (SSSR count). The Bertz CT molecular complexity index is 353. The van der Waals surface area contributed by atoms with E-state index in [9.17, 15) is 4.79 Å². The fourth-order valence-electron chi connectivity index (χ4n) is 1.22. The van der Waals surface area contributed by atoms with Gasteiger partial charge in [0.2, 0.25) is 0 Å². The van der Waals surface area contributed by atoms with E-state index in [1.165, 1.54) is 19.5 Å². The van der Waals surface area contributed by atoms with Crippen LogP contribution in [0, 0.1) is 0 Å². The van der Waals surface area contributed by atoms with Crippen LogP contribution in [0.25, 0.3) is 0 Å². The summed E-state index contributed by atoms with van der Waals surface area (Å²) in [5, 5.41) is 3.06. The van der Waals surface area contributed by atoms with Crippen LogP contribution in [0.15, 0.2) is 12.4 Å². The van der Waals surface area contributed by atoms with E-state index in [0.29, 0.717) is 19.0 Å². The van der Waals surface area contributed by atoms with Crippen molar-refractivity contribution in [3.8, 4) is 0 Å². The molecule has 0 aromatic carbocycles. The molecule has 0 aliphatic heterocycles. The molecule has 94 valence electrons. The predicted molar refractivity (Wildman–Crippen MR) is 62.9 cm³/mol. The van der Waals surface area contributed by atoms with Crippen molar-refractivity contribution >= 4 is 11.8 Å². The van der Waals surface area contributed by atoms with E-state index in [1.807, 2.05) is 13.8 Å². The zero-order valence-electron chi connectivity index (χ0n) is 10.3. The Balaban J connectivity index is 2.48. The third-order valence-electron chi connectivity index (χ3n) is 2.07. The summed E-state index contributed by atoms with van der Waals surface area (Å²) >= 11 is 0. The summed E-state index contributed by atoms with van der Waals surface area (Å²) in [4.78, 5) is 19.1. The van der Waals surface area contributed by atoms with Crippen molar-refractivity contribution in [3.63, 3.8) is 0 Å². The van der Waals surface area contributed by atoms with Gasteiger partial charge >= 0.3 is 5.97 Å². The Kier molecular flexibility index (Phi) is 5.35. The van der Waals surface area contributed by atoms with Gasteiger partial charge in [0.15, 0.2) is 5.69 Å². The van der Waals surface area contributed by atoms with Crippen molar-refractivity contribution in [2.45, 2.75) is 20.0 Å². The van der Waals surface area contributed by atoms with Gasteiger partial charge in [0, 0.05) is 13.2 Å². The van der Waals surface area contributed by atoms with Crippen molar-refractivity contribution < 1.29 is 14.3 Å². The van der Waals surface area contributed by atoms with Gasteiger partial charge in [-0.1, -0.05) is 0 Å². The van der Waals surface area contributed by atoms with E-state index in [-0.39, 0.29) is 11.8 Å². The van der Waals surface area contributed by atoms with Crippen LogP contribution in [-0.2, 0) is 9.47 Å². The second-order valence-corrected chi connectivity index (χ2v) is 3.43. The molecule has 6 heteroatoms. The van der Waals surface area contributed by atoms with Gasteiger partial charge in [0.1, 0.15) is 5.82 Å². The van der Waals surface area contributed by atoms with E-state index in [0.717, 1.165) is 0 Å². The first-order valence-electron chi connectivity index (χ1n) is 5.43. The molecule has 0 fully saturated rings. The number of rotatable bonds is 6. The van der Waals surface area contributed by atoms with Gasteiger partial charge in [0.05, 0.1) is 25.6 Å². The number of anilines is 1. The molecule has 0 spiro atoms. The average molecular weight is 239 g/mol. The van der Waals surface area contributed by atoms with Crippen molar-refractivity contribution in [2.75, 3.05) is 25.6 Å². The molecule has 0 radical (unpaired) electrons. The molecular formula is C11H17N3O3. The molecule has 1 aromatic rings. The van der Waals surface area contributed by atoms with Gasteiger partial charge in [-0.15, -0.1) is 0 Å². The predicted octanol–water partition coefficient (Wildman–Crippen LogP) is 1.10. The lowest BCUT2D eigenvalue weighted by Crippen LogP contribution is -2.20. The van der Waals surface area contributed by atoms with Crippen LogP contribution in [0.2, 0.25) is 0 Å². The third-order valence-corrected chi connectivity index (χ3v) is 2.07. The van der Waals surface area contributed by atoms with Gasteiger partial charge in [0.25, 0.3) is 0 Å². The van der Waals surface area contributed by atoms with Crippen molar-refractivity contribution in [3.05, 3.63) is 18.1 Å². The van der Waals surface area contributed by atoms with Crippen molar-refractivity contribution in [1.29, 1.82) is 0 Å². The molecule has 0 saturated heterocycles. The van der Waals surface area contributed by atoms with Gasteiger partial charge in [-0.2, -0.15) is 0 Å². The first-order chi connectivity index (χ1) is 8.17. The van der Waals surface area contributed by atoms with E-state index >= 15 is 0 Å². The molecular weight excluding hydrogens is 222 g/mol. The van der Waals surface area contributed by atoms with Gasteiger partial charge in [-0.05, 0) is 13.8 Å². The Morgan fingerprint density at radius 2 is 2.24 bits per heavy atom.